The van der Waals surface area contributed by atoms with Crippen LogP contribution in [0.1, 0.15) is 25.8 Å². The lowest BCUT2D eigenvalue weighted by molar-refractivity contribution is 0.579. The molecule has 0 spiro atoms. The number of thiocarbonyl (C=S) groups is 1. The Bertz CT molecular complexity index is 348. The van der Waals surface area contributed by atoms with Crippen molar-refractivity contribution in [3.05, 3.63) is 29.8 Å². The van der Waals surface area contributed by atoms with Crippen molar-refractivity contribution in [3.63, 3.8) is 0 Å². The average Bonchev–Trinajstić information content (AvgIpc) is 2.21. The summed E-state index contributed by atoms with van der Waals surface area (Å²) in [4.78, 5) is 0. The second kappa shape index (κ2) is 6.48. The molecule has 0 aliphatic carbocycles. The molecule has 16 heavy (non-hydrogen) atoms. The number of anilines is 1. The Kier molecular flexibility index (Phi) is 5.26. The van der Waals surface area contributed by atoms with Crippen LogP contribution in [0.3, 0.4) is 0 Å². The molecule has 0 saturated heterocycles. The third-order valence-corrected chi connectivity index (χ3v) is 2.65. The SMILES string of the molecule is Cc1ccccc1NC(=S)NCCC(C)C. The molecule has 3 heteroatoms. The standard InChI is InChI=1S/C13H20N2S/c1-10(2)8-9-14-13(16)15-12-7-5-4-6-11(12)3/h4-7,10H,8-9H2,1-3H3,(H2,14,15,16). The number of aryl methyl sites for hydroxylation is 1. The van der Waals surface area contributed by atoms with Crippen LogP contribution in [0, 0.1) is 12.8 Å². The van der Waals surface area contributed by atoms with E-state index in [4.69, 9.17) is 12.2 Å². The third kappa shape index (κ3) is 4.62. The van der Waals surface area contributed by atoms with Crippen LogP contribution in [0.5, 0.6) is 0 Å². The summed E-state index contributed by atoms with van der Waals surface area (Å²) in [5.41, 5.74) is 2.28. The van der Waals surface area contributed by atoms with Crippen molar-refractivity contribution in [1.29, 1.82) is 0 Å². The zero-order valence-electron chi connectivity index (χ0n) is 10.2. The monoisotopic (exact) mass is 236 g/mol. The van der Waals surface area contributed by atoms with Gasteiger partial charge in [0.2, 0.25) is 0 Å². The number of benzene rings is 1. The van der Waals surface area contributed by atoms with Gasteiger partial charge in [0, 0.05) is 12.2 Å². The van der Waals surface area contributed by atoms with Crippen LogP contribution < -0.4 is 10.6 Å². The maximum atomic E-state index is 5.23. The van der Waals surface area contributed by atoms with Gasteiger partial charge in [-0.15, -0.1) is 0 Å². The molecule has 1 aromatic carbocycles. The van der Waals surface area contributed by atoms with E-state index in [1.54, 1.807) is 0 Å². The summed E-state index contributed by atoms with van der Waals surface area (Å²) in [6.45, 7) is 7.41. The van der Waals surface area contributed by atoms with Gasteiger partial charge in [-0.05, 0) is 43.1 Å². The molecule has 0 unspecified atom stereocenters. The van der Waals surface area contributed by atoms with Gasteiger partial charge in [0.25, 0.3) is 0 Å². The quantitative estimate of drug-likeness (QED) is 0.784. The van der Waals surface area contributed by atoms with Crippen molar-refractivity contribution in [1.82, 2.24) is 5.32 Å². The Morgan fingerprint density at radius 1 is 1.31 bits per heavy atom. The summed E-state index contributed by atoms with van der Waals surface area (Å²) < 4.78 is 0. The smallest absolute Gasteiger partial charge is 0.170 e. The van der Waals surface area contributed by atoms with E-state index in [1.165, 1.54) is 5.56 Å². The minimum atomic E-state index is 0.703. The second-order valence-corrected chi connectivity index (χ2v) is 4.79. The fourth-order valence-electron chi connectivity index (χ4n) is 1.35. The minimum Gasteiger partial charge on any atom is -0.362 e. The van der Waals surface area contributed by atoms with Crippen LogP contribution in [0.25, 0.3) is 0 Å². The first-order valence-electron chi connectivity index (χ1n) is 5.70. The number of nitrogens with one attached hydrogen (secondary N) is 2. The Morgan fingerprint density at radius 2 is 2.00 bits per heavy atom. The van der Waals surface area contributed by atoms with Crippen LogP contribution in [0.2, 0.25) is 0 Å². The second-order valence-electron chi connectivity index (χ2n) is 4.38. The van der Waals surface area contributed by atoms with E-state index in [2.05, 4.69) is 37.5 Å². The van der Waals surface area contributed by atoms with Crippen molar-refractivity contribution < 1.29 is 0 Å². The number of para-hydroxylation sites is 1. The fraction of sp³-hybridized carbons (Fsp3) is 0.462. The highest BCUT2D eigenvalue weighted by molar-refractivity contribution is 7.80. The first-order valence-corrected chi connectivity index (χ1v) is 6.11. The Morgan fingerprint density at radius 3 is 2.62 bits per heavy atom. The fourth-order valence-corrected chi connectivity index (χ4v) is 1.57. The maximum absolute atomic E-state index is 5.23. The molecule has 0 saturated carbocycles. The molecule has 0 aliphatic heterocycles. The average molecular weight is 236 g/mol. The lowest BCUT2D eigenvalue weighted by Gasteiger charge is -2.13. The number of hydrogen-bond donors (Lipinski definition) is 2. The van der Waals surface area contributed by atoms with Gasteiger partial charge in [0.1, 0.15) is 0 Å². The normalized spacial score (nSPS) is 10.2. The maximum Gasteiger partial charge on any atom is 0.170 e. The van der Waals surface area contributed by atoms with E-state index >= 15 is 0 Å². The minimum absolute atomic E-state index is 0.703. The molecule has 2 N–H and O–H groups in total. The van der Waals surface area contributed by atoms with Gasteiger partial charge in [-0.1, -0.05) is 32.0 Å². The van der Waals surface area contributed by atoms with Crippen LogP contribution in [-0.4, -0.2) is 11.7 Å². The molecule has 0 fully saturated rings. The van der Waals surface area contributed by atoms with Crippen LogP contribution in [0.4, 0.5) is 5.69 Å². The molecule has 0 radical (unpaired) electrons. The highest BCUT2D eigenvalue weighted by atomic mass is 32.1. The largest absolute Gasteiger partial charge is 0.362 e. The molecule has 0 amide bonds. The summed E-state index contributed by atoms with van der Waals surface area (Å²) in [6.07, 6.45) is 1.13. The first-order chi connectivity index (χ1) is 7.59. The zero-order valence-corrected chi connectivity index (χ0v) is 11.0. The highest BCUT2D eigenvalue weighted by Crippen LogP contribution is 2.12. The van der Waals surface area contributed by atoms with E-state index in [1.807, 2.05) is 18.2 Å². The Balaban J connectivity index is 2.37. The van der Waals surface area contributed by atoms with Crippen molar-refractivity contribution in [2.45, 2.75) is 27.2 Å². The lowest BCUT2D eigenvalue weighted by atomic mass is 10.1. The van der Waals surface area contributed by atoms with E-state index in [9.17, 15) is 0 Å². The molecule has 0 aliphatic rings. The topological polar surface area (TPSA) is 24.1 Å². The molecule has 2 nitrogen and oxygen atoms in total. The molecule has 0 bridgehead atoms. The summed E-state index contributed by atoms with van der Waals surface area (Å²) in [5, 5.41) is 7.12. The van der Waals surface area contributed by atoms with E-state index < -0.39 is 0 Å². The van der Waals surface area contributed by atoms with E-state index in [0.717, 1.165) is 18.7 Å². The van der Waals surface area contributed by atoms with Crippen LogP contribution >= 0.6 is 12.2 Å². The Labute approximate surface area is 103 Å². The summed E-state index contributed by atoms with van der Waals surface area (Å²) >= 11 is 5.23. The van der Waals surface area contributed by atoms with Crippen molar-refractivity contribution in [2.75, 3.05) is 11.9 Å². The molecule has 1 aromatic rings. The predicted octanol–water partition coefficient (Wildman–Crippen LogP) is 3.33. The van der Waals surface area contributed by atoms with Gasteiger partial charge >= 0.3 is 0 Å². The molecule has 0 aromatic heterocycles. The molecular formula is C13H20N2S. The van der Waals surface area contributed by atoms with Crippen molar-refractivity contribution in [3.8, 4) is 0 Å². The third-order valence-electron chi connectivity index (χ3n) is 2.40. The van der Waals surface area contributed by atoms with Crippen molar-refractivity contribution >= 4 is 23.0 Å². The molecule has 1 rings (SSSR count). The summed E-state index contributed by atoms with van der Waals surface area (Å²) in [5.74, 6) is 0.703. The number of rotatable bonds is 4. The van der Waals surface area contributed by atoms with Crippen molar-refractivity contribution in [2.24, 2.45) is 5.92 Å². The van der Waals surface area contributed by atoms with Gasteiger partial charge in [-0.3, -0.25) is 0 Å². The molecule has 88 valence electrons. The molecule has 0 heterocycles. The lowest BCUT2D eigenvalue weighted by Crippen LogP contribution is -2.30. The Hall–Kier alpha value is -1.09. The van der Waals surface area contributed by atoms with Gasteiger partial charge < -0.3 is 10.6 Å². The van der Waals surface area contributed by atoms with Crippen LogP contribution in [-0.2, 0) is 0 Å². The van der Waals surface area contributed by atoms with E-state index in [-0.39, 0.29) is 0 Å². The van der Waals surface area contributed by atoms with Gasteiger partial charge in [-0.25, -0.2) is 0 Å². The summed E-state index contributed by atoms with van der Waals surface area (Å²) in [7, 11) is 0. The summed E-state index contributed by atoms with van der Waals surface area (Å²) in [6, 6.07) is 8.13. The van der Waals surface area contributed by atoms with Crippen LogP contribution in [0.15, 0.2) is 24.3 Å². The molecule has 0 atom stereocenters. The predicted molar refractivity (Wildman–Crippen MR) is 74.9 cm³/mol. The van der Waals surface area contributed by atoms with E-state index in [0.29, 0.717) is 11.0 Å². The number of hydrogen-bond acceptors (Lipinski definition) is 1. The van der Waals surface area contributed by atoms with Gasteiger partial charge in [-0.2, -0.15) is 0 Å². The first kappa shape index (κ1) is 13.0. The highest BCUT2D eigenvalue weighted by Gasteiger charge is 2.00. The molecular weight excluding hydrogens is 216 g/mol. The van der Waals surface area contributed by atoms with Gasteiger partial charge in [0.05, 0.1) is 0 Å². The van der Waals surface area contributed by atoms with Gasteiger partial charge in [0.15, 0.2) is 5.11 Å². The zero-order chi connectivity index (χ0) is 12.0.